The van der Waals surface area contributed by atoms with Crippen molar-refractivity contribution in [2.75, 3.05) is 13.3 Å². The lowest BCUT2D eigenvalue weighted by Gasteiger charge is -2.29. The second kappa shape index (κ2) is 5.06. The predicted molar refractivity (Wildman–Crippen MR) is 66.5 cm³/mol. The third kappa shape index (κ3) is 2.70. The average Bonchev–Trinajstić information content (AvgIpc) is 2.67. The molecule has 2 rings (SSSR count). The van der Waals surface area contributed by atoms with Crippen LogP contribution in [0.15, 0.2) is 24.3 Å². The monoisotopic (exact) mass is 251 g/mol. The Morgan fingerprint density at radius 3 is 2.78 bits per heavy atom. The zero-order valence-corrected chi connectivity index (χ0v) is 10.8. The second-order valence-electron chi connectivity index (χ2n) is 5.20. The van der Waals surface area contributed by atoms with Crippen molar-refractivity contribution in [3.63, 3.8) is 0 Å². The number of rotatable bonds is 3. The smallest absolute Gasteiger partial charge is 0.225 e. The SMILES string of the molecule is CC1(C)COCN1C(=O)CCc1ccccc1F. The summed E-state index contributed by atoms with van der Waals surface area (Å²) >= 11 is 0. The molecule has 3 nitrogen and oxygen atoms in total. The van der Waals surface area contributed by atoms with Gasteiger partial charge >= 0.3 is 0 Å². The Morgan fingerprint density at radius 1 is 1.44 bits per heavy atom. The van der Waals surface area contributed by atoms with E-state index in [4.69, 9.17) is 4.74 Å². The Balaban J connectivity index is 1.95. The Labute approximate surface area is 107 Å². The molecular formula is C14H18FNO2. The van der Waals surface area contributed by atoms with E-state index >= 15 is 0 Å². The van der Waals surface area contributed by atoms with Gasteiger partial charge in [-0.1, -0.05) is 18.2 Å². The minimum atomic E-state index is -0.258. The van der Waals surface area contributed by atoms with Gasteiger partial charge in [0.05, 0.1) is 12.1 Å². The summed E-state index contributed by atoms with van der Waals surface area (Å²) in [7, 11) is 0. The van der Waals surface area contributed by atoms with Crippen LogP contribution in [0.5, 0.6) is 0 Å². The number of amides is 1. The zero-order chi connectivity index (χ0) is 13.2. The van der Waals surface area contributed by atoms with Gasteiger partial charge in [0.25, 0.3) is 0 Å². The highest BCUT2D eigenvalue weighted by atomic mass is 19.1. The first-order valence-electron chi connectivity index (χ1n) is 6.12. The standard InChI is InChI=1S/C14H18FNO2/c1-14(2)9-18-10-16(14)13(17)8-7-11-5-3-4-6-12(11)15/h3-6H,7-10H2,1-2H3. The van der Waals surface area contributed by atoms with E-state index in [1.54, 1.807) is 23.1 Å². The van der Waals surface area contributed by atoms with E-state index in [-0.39, 0.29) is 17.3 Å². The van der Waals surface area contributed by atoms with Crippen molar-refractivity contribution in [3.8, 4) is 0 Å². The van der Waals surface area contributed by atoms with Gasteiger partial charge in [-0.05, 0) is 31.9 Å². The maximum absolute atomic E-state index is 13.4. The number of hydrogen-bond donors (Lipinski definition) is 0. The summed E-state index contributed by atoms with van der Waals surface area (Å²) in [6, 6.07) is 6.57. The molecule has 0 radical (unpaired) electrons. The highest BCUT2D eigenvalue weighted by Gasteiger charge is 2.35. The molecule has 4 heteroatoms. The molecule has 0 unspecified atom stereocenters. The van der Waals surface area contributed by atoms with Crippen molar-refractivity contribution in [3.05, 3.63) is 35.6 Å². The fraction of sp³-hybridized carbons (Fsp3) is 0.500. The van der Waals surface area contributed by atoms with Gasteiger partial charge in [-0.2, -0.15) is 0 Å². The molecule has 0 aliphatic carbocycles. The van der Waals surface area contributed by atoms with E-state index in [0.29, 0.717) is 31.7 Å². The molecule has 0 atom stereocenters. The third-order valence-corrected chi connectivity index (χ3v) is 3.27. The fourth-order valence-corrected chi connectivity index (χ4v) is 2.13. The number of carbonyl (C=O) groups is 1. The summed E-state index contributed by atoms with van der Waals surface area (Å²) in [6.45, 7) is 4.84. The van der Waals surface area contributed by atoms with Crippen LogP contribution in [-0.2, 0) is 16.0 Å². The molecule has 1 amide bonds. The van der Waals surface area contributed by atoms with Crippen molar-refractivity contribution in [1.82, 2.24) is 4.90 Å². The van der Waals surface area contributed by atoms with Crippen molar-refractivity contribution in [2.45, 2.75) is 32.2 Å². The normalized spacial score (nSPS) is 18.1. The van der Waals surface area contributed by atoms with Gasteiger partial charge in [0, 0.05) is 6.42 Å². The first-order valence-corrected chi connectivity index (χ1v) is 6.12. The molecule has 1 saturated heterocycles. The minimum absolute atomic E-state index is 0.0146. The molecule has 98 valence electrons. The highest BCUT2D eigenvalue weighted by molar-refractivity contribution is 5.77. The van der Waals surface area contributed by atoms with Gasteiger partial charge in [0.15, 0.2) is 0 Å². The largest absolute Gasteiger partial charge is 0.359 e. The molecule has 0 bridgehead atoms. The van der Waals surface area contributed by atoms with E-state index in [0.717, 1.165) is 0 Å². The molecule has 1 aromatic carbocycles. The van der Waals surface area contributed by atoms with Crippen LogP contribution >= 0.6 is 0 Å². The summed E-state index contributed by atoms with van der Waals surface area (Å²) < 4.78 is 18.7. The molecule has 1 heterocycles. The Hall–Kier alpha value is -1.42. The molecule has 1 aromatic rings. The lowest BCUT2D eigenvalue weighted by Crippen LogP contribution is -2.44. The second-order valence-corrected chi connectivity index (χ2v) is 5.20. The Bertz CT molecular complexity index is 445. The average molecular weight is 251 g/mol. The molecule has 0 saturated carbocycles. The molecular weight excluding hydrogens is 233 g/mol. The molecule has 1 aliphatic rings. The van der Waals surface area contributed by atoms with Crippen LogP contribution in [0.4, 0.5) is 4.39 Å². The summed E-state index contributed by atoms with van der Waals surface area (Å²) in [4.78, 5) is 13.8. The quantitative estimate of drug-likeness (QED) is 0.825. The lowest BCUT2D eigenvalue weighted by molar-refractivity contribution is -0.135. The highest BCUT2D eigenvalue weighted by Crippen LogP contribution is 2.22. The first-order chi connectivity index (χ1) is 8.50. The molecule has 18 heavy (non-hydrogen) atoms. The van der Waals surface area contributed by atoms with Crippen molar-refractivity contribution in [2.24, 2.45) is 0 Å². The van der Waals surface area contributed by atoms with Gasteiger partial charge in [0.2, 0.25) is 5.91 Å². The van der Waals surface area contributed by atoms with Gasteiger partial charge in [-0.3, -0.25) is 4.79 Å². The van der Waals surface area contributed by atoms with Crippen LogP contribution in [0.1, 0.15) is 25.8 Å². The fourth-order valence-electron chi connectivity index (χ4n) is 2.13. The number of nitrogens with zero attached hydrogens (tertiary/aromatic N) is 1. The zero-order valence-electron chi connectivity index (χ0n) is 10.8. The summed E-state index contributed by atoms with van der Waals surface area (Å²) in [5.41, 5.74) is 0.329. The number of ether oxygens (including phenoxy) is 1. The van der Waals surface area contributed by atoms with Crippen LogP contribution in [0.2, 0.25) is 0 Å². The van der Waals surface area contributed by atoms with E-state index in [1.807, 2.05) is 13.8 Å². The van der Waals surface area contributed by atoms with E-state index < -0.39 is 0 Å². The maximum atomic E-state index is 13.4. The Morgan fingerprint density at radius 2 is 2.17 bits per heavy atom. The molecule has 0 spiro atoms. The maximum Gasteiger partial charge on any atom is 0.225 e. The van der Waals surface area contributed by atoms with Crippen LogP contribution in [0.3, 0.4) is 0 Å². The third-order valence-electron chi connectivity index (χ3n) is 3.27. The van der Waals surface area contributed by atoms with E-state index in [1.165, 1.54) is 6.07 Å². The topological polar surface area (TPSA) is 29.5 Å². The van der Waals surface area contributed by atoms with Crippen LogP contribution < -0.4 is 0 Å². The van der Waals surface area contributed by atoms with Crippen LogP contribution in [0.25, 0.3) is 0 Å². The van der Waals surface area contributed by atoms with Crippen molar-refractivity contribution < 1.29 is 13.9 Å². The van der Waals surface area contributed by atoms with Gasteiger partial charge in [0.1, 0.15) is 12.5 Å². The lowest BCUT2D eigenvalue weighted by atomic mass is 10.0. The number of aryl methyl sites for hydroxylation is 1. The molecule has 1 fully saturated rings. The van der Waals surface area contributed by atoms with Crippen LogP contribution in [-0.4, -0.2) is 29.7 Å². The molecule has 1 aliphatic heterocycles. The van der Waals surface area contributed by atoms with Gasteiger partial charge in [-0.15, -0.1) is 0 Å². The van der Waals surface area contributed by atoms with Crippen molar-refractivity contribution >= 4 is 5.91 Å². The molecule has 0 N–H and O–H groups in total. The van der Waals surface area contributed by atoms with Crippen LogP contribution in [0, 0.1) is 5.82 Å². The van der Waals surface area contributed by atoms with Crippen molar-refractivity contribution in [1.29, 1.82) is 0 Å². The number of hydrogen-bond acceptors (Lipinski definition) is 2. The number of carbonyl (C=O) groups excluding carboxylic acids is 1. The Kier molecular flexibility index (Phi) is 3.66. The minimum Gasteiger partial charge on any atom is -0.359 e. The van der Waals surface area contributed by atoms with E-state index in [9.17, 15) is 9.18 Å². The summed E-state index contributed by atoms with van der Waals surface area (Å²) in [5, 5.41) is 0. The predicted octanol–water partition coefficient (Wildman–Crippen LogP) is 2.35. The van der Waals surface area contributed by atoms with Gasteiger partial charge in [-0.25, -0.2) is 4.39 Å². The number of benzene rings is 1. The van der Waals surface area contributed by atoms with E-state index in [2.05, 4.69) is 0 Å². The summed E-state index contributed by atoms with van der Waals surface area (Å²) in [6.07, 6.45) is 0.742. The number of halogens is 1. The first kappa shape index (κ1) is 13.0. The molecule has 0 aromatic heterocycles. The summed E-state index contributed by atoms with van der Waals surface area (Å²) in [5.74, 6) is -0.233. The van der Waals surface area contributed by atoms with Gasteiger partial charge < -0.3 is 9.64 Å².